The van der Waals surface area contributed by atoms with Crippen molar-refractivity contribution in [2.45, 2.75) is 101 Å². The number of sulfonamides is 1. The molecule has 2 aromatic heterocycles. The highest BCUT2D eigenvalue weighted by molar-refractivity contribution is 7.89. The molecule has 5 aromatic rings. The third kappa shape index (κ3) is 17.1. The lowest BCUT2D eigenvalue weighted by Gasteiger charge is -2.17. The maximum absolute atomic E-state index is 13.5. The number of nitrogens with one attached hydrogen (secondary N) is 2. The van der Waals surface area contributed by atoms with E-state index in [-0.39, 0.29) is 74.9 Å². The first-order valence-electron chi connectivity index (χ1n) is 25.4. The molecule has 1 fully saturated rings. The van der Waals surface area contributed by atoms with Crippen LogP contribution in [-0.2, 0) is 65.8 Å². The average molecular weight is 1090 g/mol. The standard InChI is InChI=1S/C37H48N2O10.C16H17N5O6S/c1-3-4-20-46-22-18-38-33(42)12-5-8-26-13-14-28-30(23-26)31(24-48-37(45)49-39-34(43)15-16-35(39)44)27-9-6-10-29(36(27)28)32(41)11-7-21-47-25(2)17-19-40;1-25-11-18-28(23,24)15-10-17-8-6-12(15)7-9-26-16(22)27-21-14-5-3-2-4-13(14)19-20-21/h6,9-10,13-14,23,25,31,40H,3-5,7-8,11-12,15-22,24H2,1-2H3,(H,38,42);2-6,8,10,18H,7,9,11H2,1H3. The fraction of sp³-hybridized carbons (Fsp3) is 0.453. The van der Waals surface area contributed by atoms with E-state index in [1.165, 1.54) is 25.6 Å². The number of para-hydroxylation sites is 1. The number of aromatic nitrogens is 4. The molecule has 0 radical (unpaired) electrons. The largest absolute Gasteiger partial charge is 0.535 e. The molecule has 7 rings (SSSR count). The van der Waals surface area contributed by atoms with Gasteiger partial charge in [-0.1, -0.05) is 71.8 Å². The lowest BCUT2D eigenvalue weighted by Crippen LogP contribution is -2.32. The summed E-state index contributed by atoms with van der Waals surface area (Å²) >= 11 is 0. The second-order valence-corrected chi connectivity index (χ2v) is 19.6. The van der Waals surface area contributed by atoms with Crippen LogP contribution in [0.25, 0.3) is 22.2 Å². The van der Waals surface area contributed by atoms with Crippen LogP contribution in [0.1, 0.15) is 110 Å². The highest BCUT2D eigenvalue weighted by Gasteiger charge is 2.36. The minimum absolute atomic E-state index is 0.0220. The number of hydroxylamine groups is 2. The molecule has 1 saturated heterocycles. The number of aryl methyl sites for hydroxylation is 1. The van der Waals surface area contributed by atoms with E-state index >= 15 is 0 Å². The molecule has 3 amide bonds. The third-order valence-electron chi connectivity index (χ3n) is 12.3. The molecule has 0 saturated carbocycles. The van der Waals surface area contributed by atoms with Gasteiger partial charge in [0.15, 0.2) is 5.78 Å². The summed E-state index contributed by atoms with van der Waals surface area (Å²) in [6, 6.07) is 19.9. The lowest BCUT2D eigenvalue weighted by molar-refractivity contribution is -0.177. The normalized spacial score (nSPS) is 14.1. The maximum Gasteiger partial charge on any atom is 0.535 e. The topological polar surface area (TPSA) is 292 Å². The van der Waals surface area contributed by atoms with Crippen molar-refractivity contribution >= 4 is 56.9 Å². The number of Topliss-reactive ketones (excluding diaryl/α,β-unsaturated/α-hetero) is 1. The van der Waals surface area contributed by atoms with Crippen LogP contribution in [0.2, 0.25) is 0 Å². The van der Waals surface area contributed by atoms with E-state index in [1.54, 1.807) is 36.4 Å². The predicted molar refractivity (Wildman–Crippen MR) is 275 cm³/mol. The molecule has 23 nitrogen and oxygen atoms in total. The Labute approximate surface area is 445 Å². The average Bonchev–Trinajstić information content (AvgIpc) is 4.21. The number of unbranched alkanes of at least 4 members (excludes halogenated alkanes) is 1. The van der Waals surface area contributed by atoms with Gasteiger partial charge in [0.1, 0.15) is 29.3 Å². The lowest BCUT2D eigenvalue weighted by atomic mass is 9.93. The van der Waals surface area contributed by atoms with E-state index in [1.807, 2.05) is 31.2 Å². The number of carbonyl (C=O) groups excluding carboxylic acids is 6. The molecule has 0 bridgehead atoms. The number of imide groups is 1. The summed E-state index contributed by atoms with van der Waals surface area (Å²) in [7, 11) is -2.44. The fourth-order valence-corrected chi connectivity index (χ4v) is 9.48. The maximum atomic E-state index is 13.5. The van der Waals surface area contributed by atoms with Crippen LogP contribution in [0.5, 0.6) is 0 Å². The highest BCUT2D eigenvalue weighted by Crippen LogP contribution is 2.47. The minimum atomic E-state index is -3.80. The Hall–Kier alpha value is -7.22. The Morgan fingerprint density at radius 3 is 2.43 bits per heavy atom. The van der Waals surface area contributed by atoms with Crippen LogP contribution in [0.15, 0.2) is 84.0 Å². The molecular weight excluding hydrogens is 1020 g/mol. The summed E-state index contributed by atoms with van der Waals surface area (Å²) in [5, 5.41) is 20.0. The summed E-state index contributed by atoms with van der Waals surface area (Å²) in [5.74, 6) is -1.72. The van der Waals surface area contributed by atoms with E-state index in [0.29, 0.717) is 85.7 Å². The van der Waals surface area contributed by atoms with Crippen LogP contribution in [0, 0.1) is 0 Å². The van der Waals surface area contributed by atoms with Gasteiger partial charge in [-0.15, -0.1) is 5.10 Å². The van der Waals surface area contributed by atoms with Crippen molar-refractivity contribution in [1.29, 1.82) is 0 Å². The Morgan fingerprint density at radius 2 is 1.65 bits per heavy atom. The van der Waals surface area contributed by atoms with Gasteiger partial charge in [-0.25, -0.2) is 18.0 Å². The Morgan fingerprint density at radius 1 is 0.857 bits per heavy atom. The van der Waals surface area contributed by atoms with Gasteiger partial charge in [0.2, 0.25) is 15.9 Å². The number of methoxy groups -OCH3 is 1. The van der Waals surface area contributed by atoms with Crippen molar-refractivity contribution in [1.82, 2.24) is 35.2 Å². The van der Waals surface area contributed by atoms with Crippen molar-refractivity contribution in [3.8, 4) is 11.1 Å². The number of carbonyl (C=O) groups is 6. The second kappa shape index (κ2) is 29.9. The number of rotatable bonds is 29. The van der Waals surface area contributed by atoms with Crippen molar-refractivity contribution in [3.63, 3.8) is 0 Å². The number of ketones is 1. The highest BCUT2D eigenvalue weighted by atomic mass is 32.2. The first-order valence-corrected chi connectivity index (χ1v) is 26.9. The number of aliphatic hydroxyl groups is 1. The zero-order valence-electron chi connectivity index (χ0n) is 43.3. The molecule has 0 spiro atoms. The van der Waals surface area contributed by atoms with Crippen molar-refractivity contribution < 1.29 is 75.7 Å². The smallest absolute Gasteiger partial charge is 0.432 e. The van der Waals surface area contributed by atoms with Crippen LogP contribution >= 0.6 is 0 Å². The number of nitrogens with zero attached hydrogens (tertiary/aromatic N) is 5. The van der Waals surface area contributed by atoms with Gasteiger partial charge < -0.3 is 34.1 Å². The van der Waals surface area contributed by atoms with Crippen LogP contribution in [0.3, 0.4) is 0 Å². The molecule has 2 unspecified atom stereocenters. The zero-order chi connectivity index (χ0) is 55.2. The molecule has 77 heavy (non-hydrogen) atoms. The van der Waals surface area contributed by atoms with Crippen LogP contribution < -0.4 is 14.9 Å². The Balaban J connectivity index is 0.000000289. The van der Waals surface area contributed by atoms with Gasteiger partial charge in [0, 0.05) is 89.5 Å². The summed E-state index contributed by atoms with van der Waals surface area (Å²) < 4.78 is 53.2. The van der Waals surface area contributed by atoms with E-state index in [9.17, 15) is 37.2 Å². The number of hydrogen-bond donors (Lipinski definition) is 3. The van der Waals surface area contributed by atoms with Crippen molar-refractivity contribution in [3.05, 3.63) is 107 Å². The van der Waals surface area contributed by atoms with E-state index < -0.39 is 40.1 Å². The summed E-state index contributed by atoms with van der Waals surface area (Å²) in [6.07, 6.45) is 5.50. The zero-order valence-corrected chi connectivity index (χ0v) is 44.1. The number of hydrogen-bond acceptors (Lipinski definition) is 19. The molecule has 1 aliphatic heterocycles. The van der Waals surface area contributed by atoms with E-state index in [2.05, 4.69) is 32.3 Å². The van der Waals surface area contributed by atoms with Gasteiger partial charge in [-0.3, -0.25) is 33.8 Å². The number of amides is 3. The molecule has 2 aliphatic rings. The second-order valence-electron chi connectivity index (χ2n) is 17.8. The quantitative estimate of drug-likeness (QED) is 0.0132. The molecular formula is C53H65N7O16S. The van der Waals surface area contributed by atoms with Gasteiger partial charge in [-0.05, 0) is 95.8 Å². The van der Waals surface area contributed by atoms with Crippen molar-refractivity contribution in [2.75, 3.05) is 60.0 Å². The first kappa shape index (κ1) is 59.0. The number of aliphatic hydroxyl groups excluding tert-OH is 1. The van der Waals surface area contributed by atoms with Gasteiger partial charge in [0.05, 0.1) is 19.3 Å². The van der Waals surface area contributed by atoms with E-state index in [4.69, 9.17) is 38.5 Å². The number of fused-ring (bicyclic) bond motifs is 4. The predicted octanol–water partition coefficient (Wildman–Crippen LogP) is 5.54. The van der Waals surface area contributed by atoms with E-state index in [0.717, 1.165) is 45.5 Å². The SMILES string of the molecule is CCCCOCCNC(=O)CCCc1ccc2c(c1)C(COC(=O)ON1C(=O)CCC1=O)c1cccc(C(=O)CCCOC(C)CCO)c1-2.COCNS(=O)(=O)c1cnccc1CCOC(=O)On1nnc2ccccc21. The summed E-state index contributed by atoms with van der Waals surface area (Å²) in [6.45, 7) is 5.64. The number of ether oxygens (including phenoxy) is 5. The molecule has 24 heteroatoms. The fourth-order valence-electron chi connectivity index (χ4n) is 8.33. The molecule has 1 aliphatic carbocycles. The molecule has 3 N–H and O–H groups in total. The molecule has 3 aromatic carbocycles. The van der Waals surface area contributed by atoms with Gasteiger partial charge in [0.25, 0.3) is 11.8 Å². The van der Waals surface area contributed by atoms with Crippen LogP contribution in [-0.4, -0.2) is 141 Å². The van der Waals surface area contributed by atoms with Crippen molar-refractivity contribution in [2.24, 2.45) is 0 Å². The molecule has 3 heterocycles. The van der Waals surface area contributed by atoms with Gasteiger partial charge in [-0.2, -0.15) is 4.72 Å². The Kier molecular flexibility index (Phi) is 22.9. The molecule has 2 atom stereocenters. The molecule has 414 valence electrons. The number of benzene rings is 3. The minimum Gasteiger partial charge on any atom is -0.432 e. The first-order chi connectivity index (χ1) is 37.2. The van der Waals surface area contributed by atoms with Gasteiger partial charge >= 0.3 is 12.3 Å². The monoisotopic (exact) mass is 1090 g/mol. The van der Waals surface area contributed by atoms with Crippen LogP contribution in [0.4, 0.5) is 9.59 Å². The summed E-state index contributed by atoms with van der Waals surface area (Å²) in [4.78, 5) is 88.8. The summed E-state index contributed by atoms with van der Waals surface area (Å²) in [5.41, 5.74) is 6.35. The number of pyridine rings is 1. The Bertz CT molecular complexity index is 2920. The third-order valence-corrected chi connectivity index (χ3v) is 13.7.